The van der Waals surface area contributed by atoms with Crippen LogP contribution in [-0.2, 0) is 16.0 Å². The lowest BCUT2D eigenvalue weighted by Gasteiger charge is -2.12. The summed E-state index contributed by atoms with van der Waals surface area (Å²) in [7, 11) is 0. The number of aryl methyl sites for hydroxylation is 1. The number of amides is 2. The molecule has 0 spiro atoms. The van der Waals surface area contributed by atoms with Crippen LogP contribution in [0.1, 0.15) is 24.2 Å². The molecule has 0 aromatic heterocycles. The van der Waals surface area contributed by atoms with E-state index < -0.39 is 17.9 Å². The van der Waals surface area contributed by atoms with Crippen molar-refractivity contribution in [2.24, 2.45) is 0 Å². The van der Waals surface area contributed by atoms with Crippen LogP contribution in [0.25, 0.3) is 0 Å². The van der Waals surface area contributed by atoms with Gasteiger partial charge in [0.1, 0.15) is 0 Å². The molecule has 2 amide bonds. The average Bonchev–Trinajstić information content (AvgIpc) is 2.60. The number of benzene rings is 2. The van der Waals surface area contributed by atoms with Gasteiger partial charge in [-0.05, 0) is 29.7 Å². The topological polar surface area (TPSA) is 78.4 Å². The van der Waals surface area contributed by atoms with Gasteiger partial charge in [-0.25, -0.2) is 0 Å². The maximum atomic E-state index is 11.8. The minimum Gasteiger partial charge on any atom is -0.387 e. The zero-order valence-corrected chi connectivity index (χ0v) is 13.0. The molecule has 5 nitrogen and oxygen atoms in total. The second-order valence-corrected chi connectivity index (χ2v) is 5.14. The van der Waals surface area contributed by atoms with Crippen molar-refractivity contribution in [3.8, 4) is 0 Å². The van der Waals surface area contributed by atoms with E-state index in [1.54, 1.807) is 36.4 Å². The number of aliphatic hydroxyl groups excluding tert-OH is 1. The Morgan fingerprint density at radius 1 is 1.00 bits per heavy atom. The summed E-state index contributed by atoms with van der Waals surface area (Å²) >= 11 is 0. The monoisotopic (exact) mass is 312 g/mol. The second-order valence-electron chi connectivity index (χ2n) is 5.14. The number of anilines is 1. The summed E-state index contributed by atoms with van der Waals surface area (Å²) in [5.41, 5.74) is 2.40. The predicted octanol–water partition coefficient (Wildman–Crippen LogP) is 2.04. The molecule has 2 aromatic carbocycles. The van der Waals surface area contributed by atoms with Crippen LogP contribution in [-0.4, -0.2) is 23.5 Å². The maximum absolute atomic E-state index is 11.8. The van der Waals surface area contributed by atoms with Crippen LogP contribution in [0.5, 0.6) is 0 Å². The van der Waals surface area contributed by atoms with Crippen molar-refractivity contribution in [1.29, 1.82) is 0 Å². The number of aliphatic hydroxyl groups is 1. The molecule has 0 heterocycles. The standard InChI is InChI=1S/C18H20N2O3/c1-2-13-8-10-15(11-9-13)20-18(23)17(22)19-12-16(21)14-6-4-3-5-7-14/h3-11,16,21H,2,12H2,1H3,(H,19,22)(H,20,23). The van der Waals surface area contributed by atoms with Crippen molar-refractivity contribution in [3.05, 3.63) is 65.7 Å². The van der Waals surface area contributed by atoms with Crippen LogP contribution in [0.4, 0.5) is 5.69 Å². The summed E-state index contributed by atoms with van der Waals surface area (Å²) < 4.78 is 0. The highest BCUT2D eigenvalue weighted by atomic mass is 16.3. The van der Waals surface area contributed by atoms with Gasteiger partial charge in [0, 0.05) is 12.2 Å². The average molecular weight is 312 g/mol. The first-order chi connectivity index (χ1) is 11.1. The fraction of sp³-hybridized carbons (Fsp3) is 0.222. The first kappa shape index (κ1) is 16.7. The van der Waals surface area contributed by atoms with E-state index in [1.807, 2.05) is 25.1 Å². The van der Waals surface area contributed by atoms with Crippen LogP contribution in [0.15, 0.2) is 54.6 Å². The molecule has 1 atom stereocenters. The van der Waals surface area contributed by atoms with E-state index >= 15 is 0 Å². The summed E-state index contributed by atoms with van der Waals surface area (Å²) in [6, 6.07) is 16.2. The third-order valence-corrected chi connectivity index (χ3v) is 3.47. The highest BCUT2D eigenvalue weighted by molar-refractivity contribution is 6.39. The van der Waals surface area contributed by atoms with E-state index in [9.17, 15) is 14.7 Å². The fourth-order valence-corrected chi connectivity index (χ4v) is 2.07. The van der Waals surface area contributed by atoms with Crippen molar-refractivity contribution < 1.29 is 14.7 Å². The van der Waals surface area contributed by atoms with Crippen LogP contribution >= 0.6 is 0 Å². The quantitative estimate of drug-likeness (QED) is 0.739. The van der Waals surface area contributed by atoms with Gasteiger partial charge >= 0.3 is 11.8 Å². The third kappa shape index (κ3) is 4.93. The Labute approximate surface area is 135 Å². The molecule has 0 radical (unpaired) electrons. The molecule has 2 aromatic rings. The van der Waals surface area contributed by atoms with Crippen molar-refractivity contribution in [2.45, 2.75) is 19.4 Å². The number of carbonyl (C=O) groups is 2. The van der Waals surface area contributed by atoms with E-state index in [-0.39, 0.29) is 6.54 Å². The van der Waals surface area contributed by atoms with Gasteiger partial charge in [0.25, 0.3) is 0 Å². The van der Waals surface area contributed by atoms with E-state index in [0.717, 1.165) is 12.0 Å². The summed E-state index contributed by atoms with van der Waals surface area (Å²) in [5, 5.41) is 14.9. The van der Waals surface area contributed by atoms with Crippen LogP contribution < -0.4 is 10.6 Å². The minimum absolute atomic E-state index is 0.0228. The maximum Gasteiger partial charge on any atom is 0.313 e. The predicted molar refractivity (Wildman–Crippen MR) is 88.9 cm³/mol. The molecule has 5 heteroatoms. The molecule has 3 N–H and O–H groups in total. The number of rotatable bonds is 5. The van der Waals surface area contributed by atoms with E-state index in [1.165, 1.54) is 0 Å². The zero-order valence-electron chi connectivity index (χ0n) is 13.0. The Morgan fingerprint density at radius 2 is 1.65 bits per heavy atom. The summed E-state index contributed by atoms with van der Waals surface area (Å²) in [5.74, 6) is -1.53. The summed E-state index contributed by atoms with van der Waals surface area (Å²) in [6.45, 7) is 2.02. The van der Waals surface area contributed by atoms with Gasteiger partial charge in [0.15, 0.2) is 0 Å². The van der Waals surface area contributed by atoms with Gasteiger partial charge in [0.05, 0.1) is 6.10 Å². The first-order valence-corrected chi connectivity index (χ1v) is 7.51. The molecule has 0 aliphatic rings. The lowest BCUT2D eigenvalue weighted by molar-refractivity contribution is -0.136. The largest absolute Gasteiger partial charge is 0.387 e. The third-order valence-electron chi connectivity index (χ3n) is 3.47. The van der Waals surface area contributed by atoms with Gasteiger partial charge < -0.3 is 15.7 Å². The Kier molecular flexibility index (Phi) is 5.88. The molecular formula is C18H20N2O3. The van der Waals surface area contributed by atoms with E-state index in [0.29, 0.717) is 11.3 Å². The Bertz CT molecular complexity index is 654. The van der Waals surface area contributed by atoms with Crippen LogP contribution in [0, 0.1) is 0 Å². The number of hydrogen-bond acceptors (Lipinski definition) is 3. The lowest BCUT2D eigenvalue weighted by Crippen LogP contribution is -2.37. The van der Waals surface area contributed by atoms with Gasteiger partial charge in [-0.3, -0.25) is 9.59 Å². The van der Waals surface area contributed by atoms with Crippen LogP contribution in [0.3, 0.4) is 0 Å². The Morgan fingerprint density at radius 3 is 2.26 bits per heavy atom. The molecular weight excluding hydrogens is 292 g/mol. The first-order valence-electron chi connectivity index (χ1n) is 7.51. The second kappa shape index (κ2) is 8.10. The number of nitrogens with one attached hydrogen (secondary N) is 2. The number of hydrogen-bond donors (Lipinski definition) is 3. The Balaban J connectivity index is 1.83. The van der Waals surface area contributed by atoms with Gasteiger partial charge in [-0.1, -0.05) is 49.4 Å². The SMILES string of the molecule is CCc1ccc(NC(=O)C(=O)NCC(O)c2ccccc2)cc1. The zero-order chi connectivity index (χ0) is 16.7. The Hall–Kier alpha value is -2.66. The van der Waals surface area contributed by atoms with Crippen molar-refractivity contribution in [2.75, 3.05) is 11.9 Å². The summed E-state index contributed by atoms with van der Waals surface area (Å²) in [4.78, 5) is 23.6. The molecule has 0 bridgehead atoms. The molecule has 23 heavy (non-hydrogen) atoms. The van der Waals surface area contributed by atoms with Gasteiger partial charge in [-0.2, -0.15) is 0 Å². The molecule has 120 valence electrons. The highest BCUT2D eigenvalue weighted by Crippen LogP contribution is 2.11. The van der Waals surface area contributed by atoms with Crippen molar-refractivity contribution >= 4 is 17.5 Å². The molecule has 0 saturated heterocycles. The normalized spacial score (nSPS) is 11.6. The lowest BCUT2D eigenvalue weighted by atomic mass is 10.1. The molecule has 0 fully saturated rings. The van der Waals surface area contributed by atoms with E-state index in [4.69, 9.17) is 0 Å². The highest BCUT2D eigenvalue weighted by Gasteiger charge is 2.15. The smallest absolute Gasteiger partial charge is 0.313 e. The molecule has 0 aliphatic heterocycles. The van der Waals surface area contributed by atoms with Gasteiger partial charge in [-0.15, -0.1) is 0 Å². The molecule has 2 rings (SSSR count). The van der Waals surface area contributed by atoms with E-state index in [2.05, 4.69) is 10.6 Å². The summed E-state index contributed by atoms with van der Waals surface area (Å²) in [6.07, 6.45) is 0.0586. The molecule has 1 unspecified atom stereocenters. The minimum atomic E-state index is -0.850. The molecule has 0 saturated carbocycles. The molecule has 0 aliphatic carbocycles. The van der Waals surface area contributed by atoms with Gasteiger partial charge in [0.2, 0.25) is 0 Å². The van der Waals surface area contributed by atoms with Crippen molar-refractivity contribution in [1.82, 2.24) is 5.32 Å². The van der Waals surface area contributed by atoms with Crippen molar-refractivity contribution in [3.63, 3.8) is 0 Å². The number of carbonyl (C=O) groups excluding carboxylic acids is 2. The fourth-order valence-electron chi connectivity index (χ4n) is 2.07. The van der Waals surface area contributed by atoms with Crippen LogP contribution in [0.2, 0.25) is 0 Å².